The highest BCUT2D eigenvalue weighted by molar-refractivity contribution is 8.01. The standard InChI is InChI=1S/C18H18N4O3S/c1-4-11(26-19)6-5-10(2)12-7-8-14-13(20-12)9-15(25-14)18(3)16(23)21-17(24)22-18/h4-9H,1,19H2,2-3H3,(H2,21,22,23,24)/b10-5+,11-6+. The molecule has 0 bridgehead atoms. The minimum Gasteiger partial charge on any atom is -0.456 e. The number of imide groups is 1. The Morgan fingerprint density at radius 2 is 2.15 bits per heavy atom. The van der Waals surface area contributed by atoms with Gasteiger partial charge in [0.25, 0.3) is 5.91 Å². The number of nitrogens with one attached hydrogen (secondary N) is 2. The number of nitrogens with two attached hydrogens (primary N) is 1. The number of hydrogen-bond donors (Lipinski definition) is 3. The van der Waals surface area contributed by atoms with Crippen molar-refractivity contribution >= 4 is 40.6 Å². The van der Waals surface area contributed by atoms with E-state index in [2.05, 4.69) is 22.2 Å². The number of furan rings is 1. The van der Waals surface area contributed by atoms with Gasteiger partial charge in [0.2, 0.25) is 0 Å². The third-order valence-corrected chi connectivity index (χ3v) is 4.72. The molecule has 7 nitrogen and oxygen atoms in total. The number of aromatic nitrogens is 1. The van der Waals surface area contributed by atoms with Gasteiger partial charge >= 0.3 is 6.03 Å². The molecule has 2 aromatic rings. The Hall–Kier alpha value is -2.84. The highest BCUT2D eigenvalue weighted by atomic mass is 32.2. The van der Waals surface area contributed by atoms with Gasteiger partial charge in [-0.15, -0.1) is 0 Å². The molecule has 1 saturated heterocycles. The van der Waals surface area contributed by atoms with E-state index >= 15 is 0 Å². The van der Waals surface area contributed by atoms with Crippen LogP contribution < -0.4 is 15.8 Å². The number of nitrogens with zero attached hydrogens (tertiary/aromatic N) is 1. The molecule has 0 aliphatic carbocycles. The molecule has 0 saturated carbocycles. The molecule has 2 aromatic heterocycles. The Bertz CT molecular complexity index is 976. The number of carbonyl (C=O) groups excluding carboxylic acids is 2. The van der Waals surface area contributed by atoms with Crippen LogP contribution in [0.1, 0.15) is 25.3 Å². The Kier molecular flexibility index (Phi) is 4.71. The van der Waals surface area contributed by atoms with E-state index in [-0.39, 0.29) is 0 Å². The smallest absolute Gasteiger partial charge is 0.322 e. The van der Waals surface area contributed by atoms with Crippen molar-refractivity contribution in [3.8, 4) is 0 Å². The van der Waals surface area contributed by atoms with Crippen LogP contribution in [0.5, 0.6) is 0 Å². The van der Waals surface area contributed by atoms with Crippen LogP contribution in [0.4, 0.5) is 4.79 Å². The van der Waals surface area contributed by atoms with Gasteiger partial charge in [-0.25, -0.2) is 9.78 Å². The van der Waals surface area contributed by atoms with Gasteiger partial charge in [-0.1, -0.05) is 18.7 Å². The first kappa shape index (κ1) is 18.0. The summed E-state index contributed by atoms with van der Waals surface area (Å²) in [6.07, 6.45) is 5.44. The van der Waals surface area contributed by atoms with Crippen LogP contribution in [0.2, 0.25) is 0 Å². The molecule has 4 N–H and O–H groups in total. The largest absolute Gasteiger partial charge is 0.456 e. The van der Waals surface area contributed by atoms with E-state index in [1.54, 1.807) is 25.1 Å². The van der Waals surface area contributed by atoms with Crippen molar-refractivity contribution in [3.05, 3.63) is 59.4 Å². The Balaban J connectivity index is 1.97. The normalized spacial score (nSPS) is 21.0. The summed E-state index contributed by atoms with van der Waals surface area (Å²) in [6.45, 7) is 7.21. The number of hydrogen-bond acceptors (Lipinski definition) is 6. The molecule has 0 aromatic carbocycles. The van der Waals surface area contributed by atoms with Gasteiger partial charge in [-0.05, 0) is 49.6 Å². The fourth-order valence-corrected chi connectivity index (χ4v) is 2.80. The minimum absolute atomic E-state index is 0.329. The van der Waals surface area contributed by atoms with E-state index in [4.69, 9.17) is 9.56 Å². The second-order valence-corrected chi connectivity index (χ2v) is 6.67. The Morgan fingerprint density at radius 1 is 1.38 bits per heavy atom. The predicted molar refractivity (Wildman–Crippen MR) is 102 cm³/mol. The molecule has 0 spiro atoms. The van der Waals surface area contributed by atoms with Crippen LogP contribution in [0.25, 0.3) is 16.7 Å². The second-order valence-electron chi connectivity index (χ2n) is 5.96. The van der Waals surface area contributed by atoms with Gasteiger partial charge in [0.05, 0.1) is 5.69 Å². The number of carbonyl (C=O) groups is 2. The summed E-state index contributed by atoms with van der Waals surface area (Å²) in [6, 6.07) is 4.73. The van der Waals surface area contributed by atoms with Crippen LogP contribution in [0.3, 0.4) is 0 Å². The van der Waals surface area contributed by atoms with E-state index in [1.807, 2.05) is 25.1 Å². The molecule has 1 fully saturated rings. The van der Waals surface area contributed by atoms with E-state index in [1.165, 1.54) is 0 Å². The molecular weight excluding hydrogens is 352 g/mol. The Labute approximate surface area is 154 Å². The average Bonchev–Trinajstić information content (AvgIpc) is 3.16. The zero-order valence-corrected chi connectivity index (χ0v) is 15.1. The third kappa shape index (κ3) is 3.16. The summed E-state index contributed by atoms with van der Waals surface area (Å²) in [5.74, 6) is -0.130. The SMILES string of the molecule is C=C/C(=C\C=C(/C)c1ccc2oc(C3(C)NC(=O)NC3=O)cc2n1)SN. The zero-order chi connectivity index (χ0) is 18.9. The van der Waals surface area contributed by atoms with E-state index < -0.39 is 17.5 Å². The molecule has 1 aliphatic rings. The third-order valence-electron chi connectivity index (χ3n) is 4.15. The first-order valence-corrected chi connectivity index (χ1v) is 8.68. The van der Waals surface area contributed by atoms with Crippen molar-refractivity contribution in [1.29, 1.82) is 0 Å². The molecule has 1 aliphatic heterocycles. The highest BCUT2D eigenvalue weighted by Gasteiger charge is 2.46. The maximum Gasteiger partial charge on any atom is 0.322 e. The molecule has 1 unspecified atom stereocenters. The van der Waals surface area contributed by atoms with E-state index in [9.17, 15) is 9.59 Å². The van der Waals surface area contributed by atoms with Gasteiger partial charge in [0.15, 0.2) is 11.1 Å². The number of amides is 3. The van der Waals surface area contributed by atoms with Crippen molar-refractivity contribution in [3.63, 3.8) is 0 Å². The Morgan fingerprint density at radius 3 is 2.77 bits per heavy atom. The van der Waals surface area contributed by atoms with Crippen LogP contribution in [0.15, 0.2) is 52.3 Å². The summed E-state index contributed by atoms with van der Waals surface area (Å²) >= 11 is 1.12. The number of fused-ring (bicyclic) bond motifs is 1. The van der Waals surface area contributed by atoms with Crippen LogP contribution in [-0.4, -0.2) is 16.9 Å². The monoisotopic (exact) mass is 370 g/mol. The van der Waals surface area contributed by atoms with Crippen LogP contribution in [0, 0.1) is 0 Å². The van der Waals surface area contributed by atoms with Gasteiger partial charge in [0.1, 0.15) is 11.3 Å². The van der Waals surface area contributed by atoms with Crippen LogP contribution >= 0.6 is 11.9 Å². The molecular formula is C18H18N4O3S. The van der Waals surface area contributed by atoms with Gasteiger partial charge in [0, 0.05) is 11.0 Å². The van der Waals surface area contributed by atoms with Gasteiger partial charge in [-0.3, -0.25) is 15.3 Å². The van der Waals surface area contributed by atoms with Crippen LogP contribution in [-0.2, 0) is 10.3 Å². The molecule has 1 atom stereocenters. The second kappa shape index (κ2) is 6.81. The average molecular weight is 370 g/mol. The first-order valence-electron chi connectivity index (χ1n) is 7.80. The lowest BCUT2D eigenvalue weighted by atomic mass is 10.00. The summed E-state index contributed by atoms with van der Waals surface area (Å²) < 4.78 is 5.74. The maximum absolute atomic E-state index is 12.1. The van der Waals surface area contributed by atoms with Gasteiger partial charge in [-0.2, -0.15) is 0 Å². The summed E-state index contributed by atoms with van der Waals surface area (Å²) in [5.41, 5.74) is 1.58. The van der Waals surface area contributed by atoms with Crippen molar-refractivity contribution in [2.75, 3.05) is 0 Å². The molecule has 134 valence electrons. The van der Waals surface area contributed by atoms with E-state index in [0.717, 1.165) is 28.1 Å². The molecule has 3 amide bonds. The zero-order valence-electron chi connectivity index (χ0n) is 14.3. The van der Waals surface area contributed by atoms with E-state index in [0.29, 0.717) is 16.9 Å². The number of pyridine rings is 1. The number of rotatable bonds is 5. The number of allylic oxidation sites excluding steroid dienone is 4. The lowest BCUT2D eigenvalue weighted by Crippen LogP contribution is -2.40. The topological polar surface area (TPSA) is 110 Å². The lowest BCUT2D eigenvalue weighted by molar-refractivity contribution is -0.124. The van der Waals surface area contributed by atoms with Gasteiger partial charge < -0.3 is 9.73 Å². The molecule has 8 heteroatoms. The molecule has 3 rings (SSSR count). The van der Waals surface area contributed by atoms with Crippen molar-refractivity contribution in [2.24, 2.45) is 5.14 Å². The minimum atomic E-state index is -1.25. The maximum atomic E-state index is 12.1. The quantitative estimate of drug-likeness (QED) is 0.424. The number of urea groups is 1. The molecule has 3 heterocycles. The lowest BCUT2D eigenvalue weighted by Gasteiger charge is -2.16. The summed E-state index contributed by atoms with van der Waals surface area (Å²) in [4.78, 5) is 28.9. The predicted octanol–water partition coefficient (Wildman–Crippen LogP) is 2.96. The highest BCUT2D eigenvalue weighted by Crippen LogP contribution is 2.30. The first-order chi connectivity index (χ1) is 12.4. The summed E-state index contributed by atoms with van der Waals surface area (Å²) in [5, 5.41) is 10.3. The van der Waals surface area contributed by atoms with Crippen molar-refractivity contribution in [1.82, 2.24) is 15.6 Å². The summed E-state index contributed by atoms with van der Waals surface area (Å²) in [7, 11) is 0. The molecule has 26 heavy (non-hydrogen) atoms. The molecule has 0 radical (unpaired) electrons. The fraction of sp³-hybridized carbons (Fsp3) is 0.167. The fourth-order valence-electron chi connectivity index (χ4n) is 2.55. The van der Waals surface area contributed by atoms with Crippen molar-refractivity contribution in [2.45, 2.75) is 19.4 Å². The van der Waals surface area contributed by atoms with Crippen molar-refractivity contribution < 1.29 is 14.0 Å².